The Labute approximate surface area is 90.0 Å². The largest absolute Gasteiger partial charge is 0.328 e. The summed E-state index contributed by atoms with van der Waals surface area (Å²) in [6.45, 7) is 1.99. The van der Waals surface area contributed by atoms with Crippen LogP contribution < -0.4 is 5.73 Å². The van der Waals surface area contributed by atoms with Crippen LogP contribution in [0.5, 0.6) is 0 Å². The van der Waals surface area contributed by atoms with Gasteiger partial charge in [0.05, 0.1) is 6.04 Å². The van der Waals surface area contributed by atoms with Gasteiger partial charge >= 0.3 is 0 Å². The molecule has 84 valence electrons. The summed E-state index contributed by atoms with van der Waals surface area (Å²) < 4.78 is 1.99. The first-order chi connectivity index (χ1) is 7.27. The van der Waals surface area contributed by atoms with Crippen LogP contribution in [0, 0.1) is 0 Å². The second-order valence-corrected chi connectivity index (χ2v) is 4.51. The number of hydrogen-bond donors (Lipinski definition) is 1. The summed E-state index contributed by atoms with van der Waals surface area (Å²) in [6.07, 6.45) is 7.11. The number of rotatable bonds is 3. The van der Waals surface area contributed by atoms with Gasteiger partial charge in [0.1, 0.15) is 0 Å². The normalized spacial score (nSPS) is 20.4. The van der Waals surface area contributed by atoms with Crippen molar-refractivity contribution in [3.63, 3.8) is 0 Å². The van der Waals surface area contributed by atoms with Crippen molar-refractivity contribution in [3.8, 4) is 0 Å². The van der Waals surface area contributed by atoms with Crippen LogP contribution >= 0.6 is 0 Å². The molecular formula is C10H19N5. The number of nitrogens with two attached hydrogens (primary N) is 1. The van der Waals surface area contributed by atoms with Gasteiger partial charge < -0.3 is 5.73 Å². The van der Waals surface area contributed by atoms with Gasteiger partial charge in [0.2, 0.25) is 0 Å². The number of nitrogens with zero attached hydrogens (tertiary/aromatic N) is 4. The lowest BCUT2D eigenvalue weighted by Crippen LogP contribution is -2.23. The van der Waals surface area contributed by atoms with Crippen LogP contribution in [0.15, 0.2) is 0 Å². The van der Waals surface area contributed by atoms with Crippen molar-refractivity contribution in [2.24, 2.45) is 5.73 Å². The third-order valence-electron chi connectivity index (χ3n) is 2.99. The minimum atomic E-state index is 0.123. The quantitative estimate of drug-likeness (QED) is 0.808. The highest BCUT2D eigenvalue weighted by Gasteiger charge is 2.20. The van der Waals surface area contributed by atoms with E-state index in [1.165, 1.54) is 32.1 Å². The Kier molecular flexibility index (Phi) is 3.30. The van der Waals surface area contributed by atoms with Crippen LogP contribution in [0.4, 0.5) is 0 Å². The highest BCUT2D eigenvalue weighted by atomic mass is 15.5. The van der Waals surface area contributed by atoms with E-state index in [1.54, 1.807) is 0 Å². The van der Waals surface area contributed by atoms with Crippen molar-refractivity contribution >= 4 is 0 Å². The van der Waals surface area contributed by atoms with Crippen LogP contribution in [-0.4, -0.2) is 26.2 Å². The van der Waals surface area contributed by atoms with E-state index in [0.29, 0.717) is 6.04 Å². The van der Waals surface area contributed by atoms with Gasteiger partial charge in [-0.15, -0.1) is 5.10 Å². The Hall–Kier alpha value is -0.970. The molecule has 0 amide bonds. The summed E-state index contributed by atoms with van der Waals surface area (Å²) >= 11 is 0. The first-order valence-electron chi connectivity index (χ1n) is 5.79. The molecule has 1 atom stereocenters. The molecule has 1 aromatic heterocycles. The van der Waals surface area contributed by atoms with Crippen molar-refractivity contribution in [2.75, 3.05) is 0 Å². The minimum absolute atomic E-state index is 0.123. The second kappa shape index (κ2) is 4.70. The lowest BCUT2D eigenvalue weighted by molar-refractivity contribution is 0.315. The molecule has 5 heteroatoms. The van der Waals surface area contributed by atoms with Gasteiger partial charge in [-0.05, 0) is 30.2 Å². The van der Waals surface area contributed by atoms with E-state index in [0.717, 1.165) is 12.2 Å². The van der Waals surface area contributed by atoms with Gasteiger partial charge in [0, 0.05) is 12.5 Å². The van der Waals surface area contributed by atoms with Gasteiger partial charge in [-0.3, -0.25) is 0 Å². The van der Waals surface area contributed by atoms with Gasteiger partial charge in [0.25, 0.3) is 0 Å². The predicted molar refractivity (Wildman–Crippen MR) is 57.3 cm³/mol. The zero-order chi connectivity index (χ0) is 10.7. The van der Waals surface area contributed by atoms with Gasteiger partial charge in [0.15, 0.2) is 5.82 Å². The fourth-order valence-electron chi connectivity index (χ4n) is 2.24. The van der Waals surface area contributed by atoms with Gasteiger partial charge in [-0.25, -0.2) is 4.68 Å². The molecule has 0 aromatic carbocycles. The van der Waals surface area contributed by atoms with E-state index in [-0.39, 0.29) is 6.04 Å². The highest BCUT2D eigenvalue weighted by molar-refractivity contribution is 4.88. The maximum absolute atomic E-state index is 5.77. The number of aromatic nitrogens is 4. The zero-order valence-corrected chi connectivity index (χ0v) is 9.26. The monoisotopic (exact) mass is 209 g/mol. The Balaban J connectivity index is 2.09. The number of hydrogen-bond acceptors (Lipinski definition) is 4. The smallest absolute Gasteiger partial charge is 0.153 e. The Morgan fingerprint density at radius 2 is 2.13 bits per heavy atom. The predicted octanol–water partition coefficient (Wildman–Crippen LogP) is 1.07. The Morgan fingerprint density at radius 1 is 1.40 bits per heavy atom. The van der Waals surface area contributed by atoms with E-state index in [9.17, 15) is 0 Å². The minimum Gasteiger partial charge on any atom is -0.328 e. The maximum atomic E-state index is 5.77. The molecule has 1 aliphatic rings. The van der Waals surface area contributed by atoms with Crippen molar-refractivity contribution in [1.82, 2.24) is 20.2 Å². The molecule has 1 fully saturated rings. The molecule has 1 heterocycles. The van der Waals surface area contributed by atoms with Gasteiger partial charge in [-0.2, -0.15) is 0 Å². The average Bonchev–Trinajstić information content (AvgIpc) is 2.66. The molecule has 0 aliphatic heterocycles. The van der Waals surface area contributed by atoms with Crippen LogP contribution in [-0.2, 0) is 6.42 Å². The molecule has 1 aromatic rings. The molecule has 5 nitrogen and oxygen atoms in total. The van der Waals surface area contributed by atoms with E-state index >= 15 is 0 Å². The average molecular weight is 209 g/mol. The molecule has 2 rings (SSSR count). The standard InChI is InChI=1S/C10H19N5/c1-8(11)7-10-12-13-14-15(10)9-5-3-2-4-6-9/h8-9H,2-7,11H2,1H3. The topological polar surface area (TPSA) is 69.6 Å². The maximum Gasteiger partial charge on any atom is 0.153 e. The number of tetrazole rings is 1. The molecule has 0 saturated heterocycles. The third-order valence-corrected chi connectivity index (χ3v) is 2.99. The second-order valence-electron chi connectivity index (χ2n) is 4.51. The fraction of sp³-hybridized carbons (Fsp3) is 0.900. The SMILES string of the molecule is CC(N)Cc1nnnn1C1CCCCC1. The van der Waals surface area contributed by atoms with E-state index in [2.05, 4.69) is 15.5 Å². The molecule has 0 radical (unpaired) electrons. The van der Waals surface area contributed by atoms with E-state index in [1.807, 2.05) is 11.6 Å². The zero-order valence-electron chi connectivity index (χ0n) is 9.26. The molecule has 2 N–H and O–H groups in total. The Bertz CT molecular complexity index is 301. The van der Waals surface area contributed by atoms with Crippen LogP contribution in [0.2, 0.25) is 0 Å². The lowest BCUT2D eigenvalue weighted by atomic mass is 9.95. The van der Waals surface area contributed by atoms with E-state index in [4.69, 9.17) is 5.73 Å². The molecule has 15 heavy (non-hydrogen) atoms. The molecule has 1 saturated carbocycles. The molecular weight excluding hydrogens is 190 g/mol. The summed E-state index contributed by atoms with van der Waals surface area (Å²) in [7, 11) is 0. The highest BCUT2D eigenvalue weighted by Crippen LogP contribution is 2.27. The van der Waals surface area contributed by atoms with Crippen LogP contribution in [0.1, 0.15) is 50.9 Å². The molecule has 1 unspecified atom stereocenters. The van der Waals surface area contributed by atoms with Crippen molar-refractivity contribution in [1.29, 1.82) is 0 Å². The summed E-state index contributed by atoms with van der Waals surface area (Å²) in [5, 5.41) is 11.9. The van der Waals surface area contributed by atoms with Gasteiger partial charge in [-0.1, -0.05) is 19.3 Å². The van der Waals surface area contributed by atoms with Crippen molar-refractivity contribution in [3.05, 3.63) is 5.82 Å². The fourth-order valence-corrected chi connectivity index (χ4v) is 2.24. The Morgan fingerprint density at radius 3 is 2.80 bits per heavy atom. The van der Waals surface area contributed by atoms with E-state index < -0.39 is 0 Å². The lowest BCUT2D eigenvalue weighted by Gasteiger charge is -2.22. The van der Waals surface area contributed by atoms with Crippen LogP contribution in [0.25, 0.3) is 0 Å². The molecule has 0 bridgehead atoms. The van der Waals surface area contributed by atoms with Crippen molar-refractivity contribution in [2.45, 2.75) is 57.5 Å². The molecule has 1 aliphatic carbocycles. The summed E-state index contributed by atoms with van der Waals surface area (Å²) in [5.41, 5.74) is 5.77. The summed E-state index contributed by atoms with van der Waals surface area (Å²) in [5.74, 6) is 0.942. The van der Waals surface area contributed by atoms with Crippen molar-refractivity contribution < 1.29 is 0 Å². The third kappa shape index (κ3) is 2.53. The summed E-state index contributed by atoms with van der Waals surface area (Å²) in [6, 6.07) is 0.626. The molecule has 0 spiro atoms. The van der Waals surface area contributed by atoms with Crippen LogP contribution in [0.3, 0.4) is 0 Å². The summed E-state index contributed by atoms with van der Waals surface area (Å²) in [4.78, 5) is 0. The first kappa shape index (κ1) is 10.5. The first-order valence-corrected chi connectivity index (χ1v) is 5.79.